The third-order valence-corrected chi connectivity index (χ3v) is 28.8. The summed E-state index contributed by atoms with van der Waals surface area (Å²) in [7, 11) is 4.52. The monoisotopic (exact) mass is 1980 g/mol. The van der Waals surface area contributed by atoms with Gasteiger partial charge in [0, 0.05) is 174 Å². The fourth-order valence-corrected chi connectivity index (χ4v) is 20.1. The Morgan fingerprint density at radius 3 is 2.13 bits per heavy atom. The summed E-state index contributed by atoms with van der Waals surface area (Å²) in [4.78, 5) is 166. The number of nitrogens with one attached hydrogen (secondary N) is 1. The van der Waals surface area contributed by atoms with Crippen molar-refractivity contribution in [1.29, 1.82) is 0 Å². The summed E-state index contributed by atoms with van der Waals surface area (Å²) in [5, 5.41) is 32.1. The molecule has 38 heteroatoms. The molecule has 2 bridgehead atoms. The highest BCUT2D eigenvalue weighted by Crippen LogP contribution is 2.41. The molecule has 0 radical (unpaired) electrons. The zero-order valence-corrected chi connectivity index (χ0v) is 84.8. The standard InChI is InChI=1S/C67H101N5O16.C38H43N13O4/c1-12-85-33-27-58(74)70-29-31-71(32-30-70)66-68-40-50(41-69-66)23-26-59(75)86-54-25-22-49(37-57(54)83-10)36-45(5)56-39-53(73)44(4)35-47(7)61(77)62(84-11)60(76)46(6)34-42(2)18-14-13-15-19-43(3)55(82-9)38-51-24-21-48(8)67(81,88-51)63(78)64(79)72-28-17-16-20-52(72)65(80)87-56;1-2-48-11-13-49(14-12-48)38-42-19-28(20-43-38)36(53)41-9-16-54-15-8-31(52)50-10-7-25-17-24(3-4-27(25)22-50)21-51-35-32(34(39)44-23-45-35)33(47-51)26-5-6-30-29(18-26)46-37(40)55-30/h13-15,18-19,35,40-42,44-46,48-49,51-52,54-57,61-62,77,81H,12,16-17,20-34,36-39H2,1-11H3;3-6,17-20,23H,2,7-16,21-22H2,1H3,(H2,40,46)(H,41,53)(H2,39,44,45)/b15-13+,18-14+,43-19+,47-35+;/t42-,44-,45-,46-,48-,49+,51+,52+,54-,55+,56+,57-,61-,62+,67-;/m1./s1. The maximum atomic E-state index is 14.7. The van der Waals surface area contributed by atoms with Crippen LogP contribution in [0, 0.1) is 35.5 Å². The predicted octanol–water partition coefficient (Wildman–Crippen LogP) is 9.73. The van der Waals surface area contributed by atoms with Crippen LogP contribution in [-0.4, -0.2) is 308 Å². The molecule has 7 aliphatic rings. The molecule has 11 heterocycles. The SMILES string of the molecule is CCN1CCN(c2ncc(C(=O)NCCOCCC(=O)N3CCc4cc(Cn5nc(-c6ccc7oc(N)nc7c6)c6c(N)ncnc65)ccc4C3)cn2)CC1.CCOCCC(=O)N1CCN(c2ncc(CCC(=O)O[C@@H]3CC[C@@H](C[C@@H](C)[C@@H]4CC(=O)[C@H](C)/C=C(\C)[C@@H](O)[C@@H](OC)C(=O)[C@H](C)C[C@H](C)/C=C/C=C/C=C(\C)[C@@H](OC)C[C@@H]5CC[C@@H](C)[C@@](O)(O5)C(=O)C(=O)N5CCCC[C@H]5C(=O)O4)C[C@H]3OC)cn2)CC1. The Balaban J connectivity index is 0.000000265. The van der Waals surface area contributed by atoms with Gasteiger partial charge >= 0.3 is 11.9 Å². The number of hydrogen-bond acceptors (Lipinski definition) is 33. The Labute approximate surface area is 836 Å². The van der Waals surface area contributed by atoms with Crippen molar-refractivity contribution in [3.8, 4) is 11.3 Å². The number of nitrogens with two attached hydrogens (primary N) is 2. The van der Waals surface area contributed by atoms with Gasteiger partial charge in [-0.1, -0.05) is 96.2 Å². The lowest BCUT2D eigenvalue weighted by atomic mass is 9.78. The van der Waals surface area contributed by atoms with Crippen molar-refractivity contribution in [3.05, 3.63) is 143 Å². The van der Waals surface area contributed by atoms with Crippen LogP contribution in [0.25, 0.3) is 33.4 Å². The number of methoxy groups -OCH3 is 3. The number of nitrogen functional groups attached to an aromatic ring is 2. The minimum atomic E-state index is -2.47. The number of anilines is 4. The number of amides is 4. The molecule has 4 saturated heterocycles. The van der Waals surface area contributed by atoms with Crippen molar-refractivity contribution in [2.24, 2.45) is 35.5 Å². The van der Waals surface area contributed by atoms with E-state index in [1.165, 1.54) is 23.9 Å². The Kier molecular flexibility index (Phi) is 39.2. The number of rotatable bonds is 27. The summed E-state index contributed by atoms with van der Waals surface area (Å²) >= 11 is 0. The van der Waals surface area contributed by atoms with Crippen LogP contribution in [0.1, 0.15) is 191 Å². The quantitative estimate of drug-likeness (QED) is 0.0138. The second-order valence-electron chi connectivity index (χ2n) is 38.9. The number of ketones is 3. The van der Waals surface area contributed by atoms with Gasteiger partial charge in [0.15, 0.2) is 17.0 Å². The van der Waals surface area contributed by atoms with Gasteiger partial charge < -0.3 is 98.7 Å². The lowest BCUT2D eigenvalue weighted by Gasteiger charge is -2.42. The maximum Gasteiger partial charge on any atom is 0.329 e. The molecule has 38 nitrogen and oxygen atoms in total. The lowest BCUT2D eigenvalue weighted by Crippen LogP contribution is -2.61. The fraction of sp³-hybridized carbons (Fsp3) is 0.590. The van der Waals surface area contributed by atoms with Crippen LogP contribution in [0.2, 0.25) is 0 Å². The number of fused-ring (bicyclic) bond motifs is 6. The van der Waals surface area contributed by atoms with E-state index in [0.717, 1.165) is 67.0 Å². The minimum absolute atomic E-state index is 0.000775. The molecule has 15 atom stereocenters. The number of nitrogens with zero attached hydrogens (tertiary/aromatic N) is 15. The first kappa shape index (κ1) is 109. The number of esters is 2. The average molecular weight is 1980 g/mol. The van der Waals surface area contributed by atoms with Crippen molar-refractivity contribution >= 4 is 98.8 Å². The van der Waals surface area contributed by atoms with Gasteiger partial charge in [-0.15, -0.1) is 0 Å². The number of oxazole rings is 1. The number of aryl methyl sites for hydroxylation is 1. The van der Waals surface area contributed by atoms with Crippen molar-refractivity contribution in [3.63, 3.8) is 0 Å². The number of likely N-dealkylation sites (N-methyl/N-ethyl adjacent to an activating group) is 1. The normalized spacial score (nSPS) is 26.5. The van der Waals surface area contributed by atoms with E-state index in [1.54, 1.807) is 71.9 Å². The van der Waals surface area contributed by atoms with E-state index in [2.05, 4.69) is 75.1 Å². The van der Waals surface area contributed by atoms with Gasteiger partial charge in [-0.05, 0) is 174 Å². The van der Waals surface area contributed by atoms with Crippen LogP contribution in [0.4, 0.5) is 23.7 Å². The number of benzene rings is 2. The Bertz CT molecular complexity index is 5640. The lowest BCUT2D eigenvalue weighted by molar-refractivity contribution is -0.265. The van der Waals surface area contributed by atoms with Crippen LogP contribution in [0.15, 0.2) is 120 Å². The van der Waals surface area contributed by atoms with Gasteiger partial charge in [0.2, 0.25) is 29.5 Å². The van der Waals surface area contributed by atoms with E-state index < -0.39 is 95.9 Å². The molecule has 1 saturated carbocycles. The predicted molar refractivity (Wildman–Crippen MR) is 535 cm³/mol. The van der Waals surface area contributed by atoms with Crippen molar-refractivity contribution in [2.45, 2.75) is 239 Å². The number of piperidine rings is 1. The number of cyclic esters (lactones) is 1. The van der Waals surface area contributed by atoms with Gasteiger partial charge in [0.05, 0.1) is 68.5 Å². The number of carbonyl (C=O) groups excluding carboxylic acids is 9. The number of aliphatic hydroxyl groups is 2. The number of aromatic nitrogens is 9. The van der Waals surface area contributed by atoms with E-state index in [1.807, 2.05) is 96.5 Å². The van der Waals surface area contributed by atoms with Crippen molar-refractivity contribution < 1.29 is 95.7 Å². The van der Waals surface area contributed by atoms with E-state index in [0.29, 0.717) is 206 Å². The number of aliphatic hydroxyl groups excluding tert-OH is 1. The topological polar surface area (TPSA) is 473 Å². The third-order valence-electron chi connectivity index (χ3n) is 28.8. The molecule has 2 aromatic carbocycles. The second kappa shape index (κ2) is 51.7. The van der Waals surface area contributed by atoms with Crippen LogP contribution in [-0.2, 0) is 102 Å². The first-order valence-corrected chi connectivity index (χ1v) is 50.6. The highest BCUT2D eigenvalue weighted by Gasteiger charge is 2.54. The molecule has 0 spiro atoms. The Hall–Kier alpha value is -11.8. The van der Waals surface area contributed by atoms with Gasteiger partial charge in [0.1, 0.15) is 59.6 Å². The zero-order chi connectivity index (χ0) is 102. The van der Waals surface area contributed by atoms with Crippen LogP contribution in [0.5, 0.6) is 0 Å². The van der Waals surface area contributed by atoms with E-state index in [-0.39, 0.29) is 91.9 Å². The van der Waals surface area contributed by atoms with E-state index in [9.17, 15) is 53.4 Å². The number of ether oxygens (including phenoxy) is 8. The molecule has 0 unspecified atom stereocenters. The molecule has 774 valence electrons. The summed E-state index contributed by atoms with van der Waals surface area (Å²) in [5.41, 5.74) is 21.1. The molecule has 5 aromatic heterocycles. The number of allylic oxidation sites excluding steroid dienone is 6. The number of Topliss-reactive ketones (excluding diaryl/α,β-unsaturated/α-hetero) is 3. The molecule has 6 aliphatic heterocycles. The third kappa shape index (κ3) is 28.5. The highest BCUT2D eigenvalue weighted by molar-refractivity contribution is 6.39. The summed E-state index contributed by atoms with van der Waals surface area (Å²) in [6.07, 6.45) is 20.2. The summed E-state index contributed by atoms with van der Waals surface area (Å²) in [6.45, 7) is 27.3. The Morgan fingerprint density at radius 2 is 1.42 bits per heavy atom. The molecule has 7 aromatic rings. The average Bonchev–Trinajstić information content (AvgIpc) is 1.65. The maximum absolute atomic E-state index is 14.7. The zero-order valence-electron chi connectivity index (χ0n) is 84.8. The molecule has 7 N–H and O–H groups in total. The number of hydrogen-bond donors (Lipinski definition) is 5. The van der Waals surface area contributed by atoms with Crippen molar-refractivity contribution in [1.82, 2.24) is 69.6 Å². The van der Waals surface area contributed by atoms with Gasteiger partial charge in [-0.25, -0.2) is 39.4 Å². The minimum Gasteiger partial charge on any atom is -0.460 e. The second-order valence-corrected chi connectivity index (χ2v) is 38.9. The van der Waals surface area contributed by atoms with Crippen LogP contribution in [0.3, 0.4) is 0 Å². The van der Waals surface area contributed by atoms with E-state index in [4.69, 9.17) is 58.9 Å². The summed E-state index contributed by atoms with van der Waals surface area (Å²) in [6, 6.07) is 10.8. The molecular weight excluding hydrogens is 1830 g/mol. The molecular formula is C105H144N18O20. The smallest absolute Gasteiger partial charge is 0.329 e. The van der Waals surface area contributed by atoms with Crippen molar-refractivity contribution in [2.75, 3.05) is 148 Å². The molecule has 4 amide bonds. The van der Waals surface area contributed by atoms with Crippen LogP contribution >= 0.6 is 0 Å². The molecule has 143 heavy (non-hydrogen) atoms. The summed E-state index contributed by atoms with van der Waals surface area (Å²) < 4.78 is 54.4. The fourth-order valence-electron chi connectivity index (χ4n) is 20.1. The number of piperazine rings is 2. The molecule has 1 aliphatic carbocycles. The first-order valence-electron chi connectivity index (χ1n) is 50.6. The Morgan fingerprint density at radius 1 is 0.699 bits per heavy atom. The number of carbonyl (C=O) groups is 9. The van der Waals surface area contributed by atoms with E-state index >= 15 is 0 Å². The van der Waals surface area contributed by atoms with Gasteiger partial charge in [-0.3, -0.25) is 38.4 Å². The van der Waals surface area contributed by atoms with Gasteiger partial charge in [0.25, 0.3) is 23.6 Å². The molecule has 5 fully saturated rings. The summed E-state index contributed by atoms with van der Waals surface area (Å²) in [5.74, 6) is -7.50. The first-order chi connectivity index (χ1) is 68.8. The molecule has 14 rings (SSSR count). The highest BCUT2D eigenvalue weighted by atomic mass is 16.6. The largest absolute Gasteiger partial charge is 0.460 e. The van der Waals surface area contributed by atoms with Gasteiger partial charge in [-0.2, -0.15) is 10.1 Å². The van der Waals surface area contributed by atoms with Crippen LogP contribution < -0.4 is 26.6 Å².